The van der Waals surface area contributed by atoms with Crippen molar-refractivity contribution in [1.29, 1.82) is 0 Å². The van der Waals surface area contributed by atoms with Crippen LogP contribution in [0.25, 0.3) is 11.1 Å². The Labute approximate surface area is 234 Å². The number of urea groups is 1. The largest absolute Gasteiger partial charge is 0.619 e. The highest BCUT2D eigenvalue weighted by atomic mass is 35.5. The number of hydrogen-bond donors (Lipinski definition) is 2. The Morgan fingerprint density at radius 2 is 1.66 bits per heavy atom. The third-order valence-electron chi connectivity index (χ3n) is 8.03. The first-order valence-electron chi connectivity index (χ1n) is 13.5. The molecule has 3 aromatic rings. The number of halogens is 2. The molecule has 8 heteroatoms. The van der Waals surface area contributed by atoms with E-state index in [1.165, 1.54) is 37.4 Å². The molecule has 1 aliphatic heterocycles. The highest BCUT2D eigenvalue weighted by molar-refractivity contribution is 6.35. The van der Waals surface area contributed by atoms with E-state index in [1.807, 2.05) is 6.07 Å². The molecule has 1 aromatic heterocycles. The van der Waals surface area contributed by atoms with Crippen molar-refractivity contribution in [2.75, 3.05) is 25.0 Å². The first kappa shape index (κ1) is 26.8. The molecule has 6 nitrogen and oxygen atoms in total. The molecule has 2 amide bonds. The second kappa shape index (κ2) is 12.4. The van der Waals surface area contributed by atoms with Crippen LogP contribution in [-0.2, 0) is 0 Å². The number of anilines is 1. The van der Waals surface area contributed by atoms with Crippen LogP contribution in [0.1, 0.15) is 50.0 Å². The monoisotopic (exact) mass is 552 g/mol. The molecule has 2 heterocycles. The number of aromatic nitrogens is 1. The van der Waals surface area contributed by atoms with E-state index in [-0.39, 0.29) is 11.9 Å². The van der Waals surface area contributed by atoms with Crippen molar-refractivity contribution >= 4 is 34.9 Å². The van der Waals surface area contributed by atoms with Crippen molar-refractivity contribution in [2.24, 2.45) is 5.92 Å². The van der Waals surface area contributed by atoms with Gasteiger partial charge in [0.15, 0.2) is 12.4 Å². The summed E-state index contributed by atoms with van der Waals surface area (Å²) in [5.74, 6) is 0.656. The lowest BCUT2D eigenvalue weighted by Crippen LogP contribution is -2.43. The number of carbonyl (C=O) groups is 1. The summed E-state index contributed by atoms with van der Waals surface area (Å²) >= 11 is 12.2. The molecule has 0 radical (unpaired) electrons. The van der Waals surface area contributed by atoms with E-state index in [9.17, 15) is 10.0 Å². The number of hydrogen-bond acceptors (Lipinski definition) is 3. The quantitative estimate of drug-likeness (QED) is 0.248. The molecule has 200 valence electrons. The molecule has 1 atom stereocenters. The maximum atomic E-state index is 12.8. The van der Waals surface area contributed by atoms with Crippen LogP contribution in [0.4, 0.5) is 10.5 Å². The predicted octanol–water partition coefficient (Wildman–Crippen LogP) is 6.85. The zero-order chi connectivity index (χ0) is 26.5. The maximum Gasteiger partial charge on any atom is 0.319 e. The standard InChI is InChI=1S/C30H34Cl2N4O2/c31-25-16-26(32)18-27(17-25)34-30(37)33-19-29(23-11-14-35(15-12-23)28-5-1-2-6-28)22-9-7-21(8-10-22)24-4-3-13-36(38)20-24/h3-4,7-10,13,16-18,20,23,28-29H,1-2,5-6,11-12,14-15,19H2,(H2,33,34,37). The number of carbonyl (C=O) groups excluding carboxylic acids is 1. The summed E-state index contributed by atoms with van der Waals surface area (Å²) in [5.41, 5.74) is 3.64. The van der Waals surface area contributed by atoms with E-state index >= 15 is 0 Å². The van der Waals surface area contributed by atoms with Gasteiger partial charge in [-0.25, -0.2) is 4.79 Å². The minimum absolute atomic E-state index is 0.184. The van der Waals surface area contributed by atoms with Gasteiger partial charge >= 0.3 is 6.03 Å². The smallest absolute Gasteiger partial charge is 0.319 e. The van der Waals surface area contributed by atoms with E-state index in [2.05, 4.69) is 39.8 Å². The van der Waals surface area contributed by atoms with Crippen molar-refractivity contribution in [3.63, 3.8) is 0 Å². The Morgan fingerprint density at radius 3 is 2.32 bits per heavy atom. The van der Waals surface area contributed by atoms with Crippen LogP contribution in [-0.4, -0.2) is 36.6 Å². The Kier molecular flexibility index (Phi) is 8.72. The van der Waals surface area contributed by atoms with Gasteiger partial charge in [-0.2, -0.15) is 4.73 Å². The Bertz CT molecular complexity index is 1220. The normalized spacial score (nSPS) is 17.8. The van der Waals surface area contributed by atoms with Gasteiger partial charge < -0.3 is 20.7 Å². The molecule has 1 saturated carbocycles. The van der Waals surface area contributed by atoms with Crippen LogP contribution in [0, 0.1) is 11.1 Å². The van der Waals surface area contributed by atoms with Gasteiger partial charge in [-0.3, -0.25) is 0 Å². The molecule has 2 fully saturated rings. The SMILES string of the molecule is O=C(NCC(c1ccc(-c2ccc[n+]([O-])c2)cc1)C1CCN(C2CCCC2)CC1)Nc1cc(Cl)cc(Cl)c1. The summed E-state index contributed by atoms with van der Waals surface area (Å²) in [5, 5.41) is 18.6. The molecule has 1 aliphatic carbocycles. The van der Waals surface area contributed by atoms with Crippen LogP contribution >= 0.6 is 23.2 Å². The van der Waals surface area contributed by atoms with Gasteiger partial charge in [0.05, 0.1) is 0 Å². The first-order chi connectivity index (χ1) is 18.4. The summed E-state index contributed by atoms with van der Waals surface area (Å²) in [6.07, 6.45) is 10.7. The highest BCUT2D eigenvalue weighted by Gasteiger charge is 2.31. The number of nitrogens with zero attached hydrogens (tertiary/aromatic N) is 2. The number of pyridine rings is 1. The third-order valence-corrected chi connectivity index (χ3v) is 8.47. The molecule has 0 bridgehead atoms. The highest BCUT2D eigenvalue weighted by Crippen LogP contribution is 2.36. The topological polar surface area (TPSA) is 71.3 Å². The lowest BCUT2D eigenvalue weighted by atomic mass is 9.79. The van der Waals surface area contributed by atoms with Gasteiger partial charge in [0.2, 0.25) is 0 Å². The molecule has 2 aromatic carbocycles. The van der Waals surface area contributed by atoms with E-state index in [4.69, 9.17) is 23.2 Å². The fraction of sp³-hybridized carbons (Fsp3) is 0.400. The summed E-state index contributed by atoms with van der Waals surface area (Å²) in [6, 6.07) is 17.6. The molecule has 2 N–H and O–H groups in total. The molecule has 5 rings (SSSR count). The molecular weight excluding hydrogens is 519 g/mol. The molecule has 1 saturated heterocycles. The lowest BCUT2D eigenvalue weighted by Gasteiger charge is -2.39. The van der Waals surface area contributed by atoms with Crippen molar-refractivity contribution in [1.82, 2.24) is 10.2 Å². The van der Waals surface area contributed by atoms with Crippen molar-refractivity contribution in [3.05, 3.63) is 87.8 Å². The third kappa shape index (κ3) is 6.79. The Hall–Kier alpha value is -2.80. The van der Waals surface area contributed by atoms with Crippen molar-refractivity contribution in [3.8, 4) is 11.1 Å². The van der Waals surface area contributed by atoms with Gasteiger partial charge in [-0.15, -0.1) is 0 Å². The fourth-order valence-electron chi connectivity index (χ4n) is 6.07. The number of amides is 2. The minimum atomic E-state index is -0.280. The summed E-state index contributed by atoms with van der Waals surface area (Å²) < 4.78 is 0.819. The van der Waals surface area contributed by atoms with Crippen molar-refractivity contribution in [2.45, 2.75) is 50.5 Å². The number of benzene rings is 2. The van der Waals surface area contributed by atoms with E-state index in [0.29, 0.717) is 28.2 Å². The van der Waals surface area contributed by atoms with Crippen LogP contribution < -0.4 is 15.4 Å². The molecule has 0 spiro atoms. The van der Waals surface area contributed by atoms with Gasteiger partial charge in [0, 0.05) is 45.9 Å². The lowest BCUT2D eigenvalue weighted by molar-refractivity contribution is -0.604. The number of rotatable bonds is 7. The number of piperidine rings is 1. The fourth-order valence-corrected chi connectivity index (χ4v) is 6.59. The van der Waals surface area contributed by atoms with Gasteiger partial charge in [0.25, 0.3) is 0 Å². The summed E-state index contributed by atoms with van der Waals surface area (Å²) in [4.78, 5) is 15.5. The predicted molar refractivity (Wildman–Crippen MR) is 154 cm³/mol. The van der Waals surface area contributed by atoms with Crippen LogP contribution in [0.15, 0.2) is 67.0 Å². The van der Waals surface area contributed by atoms with Crippen molar-refractivity contribution < 1.29 is 9.52 Å². The molecular formula is C30H34Cl2N4O2. The number of nitrogens with one attached hydrogen (secondary N) is 2. The van der Waals surface area contributed by atoms with E-state index in [0.717, 1.165) is 47.8 Å². The second-order valence-corrected chi connectivity index (χ2v) is 11.4. The zero-order valence-electron chi connectivity index (χ0n) is 21.4. The second-order valence-electron chi connectivity index (χ2n) is 10.5. The molecule has 1 unspecified atom stereocenters. The van der Waals surface area contributed by atoms with E-state index in [1.54, 1.807) is 30.5 Å². The van der Waals surface area contributed by atoms with Crippen LogP contribution in [0.5, 0.6) is 0 Å². The maximum absolute atomic E-state index is 12.8. The average molecular weight is 554 g/mol. The number of likely N-dealkylation sites (tertiary alicyclic amines) is 1. The Morgan fingerprint density at radius 1 is 0.974 bits per heavy atom. The minimum Gasteiger partial charge on any atom is -0.619 e. The summed E-state index contributed by atoms with van der Waals surface area (Å²) in [6.45, 7) is 2.76. The Balaban J connectivity index is 1.29. The van der Waals surface area contributed by atoms with Crippen LogP contribution in [0.3, 0.4) is 0 Å². The van der Waals surface area contributed by atoms with Gasteiger partial charge in [-0.1, -0.05) is 60.3 Å². The first-order valence-corrected chi connectivity index (χ1v) is 14.2. The van der Waals surface area contributed by atoms with Gasteiger partial charge in [-0.05, 0) is 80.1 Å². The average Bonchev–Trinajstić information content (AvgIpc) is 3.44. The van der Waals surface area contributed by atoms with E-state index < -0.39 is 0 Å². The van der Waals surface area contributed by atoms with Gasteiger partial charge in [0.1, 0.15) is 0 Å². The van der Waals surface area contributed by atoms with Crippen LogP contribution in [0.2, 0.25) is 10.0 Å². The summed E-state index contributed by atoms with van der Waals surface area (Å²) in [7, 11) is 0. The zero-order valence-corrected chi connectivity index (χ0v) is 22.9. The molecule has 38 heavy (non-hydrogen) atoms. The molecule has 2 aliphatic rings.